The van der Waals surface area contributed by atoms with Crippen molar-refractivity contribution < 1.29 is 4.79 Å². The molecule has 0 aliphatic carbocycles. The van der Waals surface area contributed by atoms with E-state index in [0.717, 1.165) is 4.47 Å². The summed E-state index contributed by atoms with van der Waals surface area (Å²) >= 11 is 5.05. The highest BCUT2D eigenvalue weighted by Gasteiger charge is 2.16. The van der Waals surface area contributed by atoms with Gasteiger partial charge in [0.1, 0.15) is 0 Å². The largest absolute Gasteiger partial charge is 0.350 e. The number of amides is 1. The first kappa shape index (κ1) is 15.2. The Morgan fingerprint density at radius 1 is 1.40 bits per heavy atom. The quantitative estimate of drug-likeness (QED) is 0.892. The number of likely N-dealkylation sites (N-methyl/N-ethyl adjacent to an activating group) is 1. The summed E-state index contributed by atoms with van der Waals surface area (Å²) in [4.78, 5) is 14.3. The Morgan fingerprint density at radius 2 is 2.20 bits per heavy atom. The van der Waals surface area contributed by atoms with Gasteiger partial charge in [0, 0.05) is 16.6 Å². The van der Waals surface area contributed by atoms with E-state index in [0.29, 0.717) is 12.1 Å². The molecule has 0 saturated heterocycles. The average molecular weight is 353 g/mol. The van der Waals surface area contributed by atoms with Gasteiger partial charge in [-0.2, -0.15) is 11.3 Å². The van der Waals surface area contributed by atoms with Crippen molar-refractivity contribution in [3.05, 3.63) is 56.7 Å². The van der Waals surface area contributed by atoms with Gasteiger partial charge >= 0.3 is 0 Å². The summed E-state index contributed by atoms with van der Waals surface area (Å²) in [5, 5.41) is 7.18. The summed E-state index contributed by atoms with van der Waals surface area (Å²) in [6.07, 6.45) is 0. The van der Waals surface area contributed by atoms with Crippen LogP contribution in [0.2, 0.25) is 0 Å². The van der Waals surface area contributed by atoms with Crippen molar-refractivity contribution in [2.75, 3.05) is 20.6 Å². The van der Waals surface area contributed by atoms with Crippen LogP contribution in [0.1, 0.15) is 22.0 Å². The normalized spacial score (nSPS) is 12.4. The third kappa shape index (κ3) is 3.91. The molecule has 0 bridgehead atoms. The zero-order chi connectivity index (χ0) is 14.5. The average Bonchev–Trinajstić information content (AvgIpc) is 2.92. The first-order valence-electron chi connectivity index (χ1n) is 6.30. The van der Waals surface area contributed by atoms with Crippen molar-refractivity contribution in [3.63, 3.8) is 0 Å². The number of carbonyl (C=O) groups is 1. The molecule has 1 N–H and O–H groups in total. The number of nitrogens with one attached hydrogen (secondary N) is 1. The first-order valence-corrected chi connectivity index (χ1v) is 8.04. The molecule has 106 valence electrons. The molecule has 2 aromatic rings. The molecule has 1 aromatic carbocycles. The number of rotatable bonds is 5. The van der Waals surface area contributed by atoms with E-state index < -0.39 is 0 Å². The molecule has 0 aliphatic rings. The molecule has 1 unspecified atom stereocenters. The van der Waals surface area contributed by atoms with Gasteiger partial charge in [-0.05, 0) is 54.7 Å². The summed E-state index contributed by atoms with van der Waals surface area (Å²) in [5.74, 6) is -0.0478. The van der Waals surface area contributed by atoms with Crippen LogP contribution in [0.4, 0.5) is 0 Å². The van der Waals surface area contributed by atoms with E-state index in [1.54, 1.807) is 11.3 Å². The molecule has 3 nitrogen and oxygen atoms in total. The van der Waals surface area contributed by atoms with Gasteiger partial charge in [-0.3, -0.25) is 4.79 Å². The van der Waals surface area contributed by atoms with Crippen molar-refractivity contribution in [2.45, 2.75) is 6.04 Å². The van der Waals surface area contributed by atoms with E-state index in [1.807, 2.05) is 38.4 Å². The van der Waals surface area contributed by atoms with Gasteiger partial charge in [-0.15, -0.1) is 0 Å². The van der Waals surface area contributed by atoms with Crippen molar-refractivity contribution >= 4 is 33.2 Å². The molecule has 1 amide bonds. The van der Waals surface area contributed by atoms with Crippen LogP contribution in [0, 0.1) is 0 Å². The number of halogens is 1. The minimum Gasteiger partial charge on any atom is -0.350 e. The highest BCUT2D eigenvalue weighted by molar-refractivity contribution is 9.10. The van der Waals surface area contributed by atoms with E-state index in [9.17, 15) is 4.79 Å². The molecule has 0 aliphatic heterocycles. The monoisotopic (exact) mass is 352 g/mol. The van der Waals surface area contributed by atoms with Crippen LogP contribution in [-0.2, 0) is 0 Å². The van der Waals surface area contributed by atoms with Gasteiger partial charge in [-0.1, -0.05) is 22.0 Å². The van der Waals surface area contributed by atoms with Crippen LogP contribution in [-0.4, -0.2) is 31.4 Å². The Kier molecular flexibility index (Phi) is 5.34. The standard InChI is InChI=1S/C15H17BrN2OS/c1-18(2)14(12-6-7-20-10-12)9-17-15(19)11-4-3-5-13(16)8-11/h3-8,10,14H,9H2,1-2H3,(H,17,19). The fourth-order valence-corrected chi connectivity index (χ4v) is 3.09. The first-order chi connectivity index (χ1) is 9.58. The molecule has 5 heteroatoms. The van der Waals surface area contributed by atoms with Crippen LogP contribution in [0.25, 0.3) is 0 Å². The molecule has 0 spiro atoms. The predicted octanol–water partition coefficient (Wildman–Crippen LogP) is 3.54. The lowest BCUT2D eigenvalue weighted by atomic mass is 10.1. The molecule has 0 fully saturated rings. The van der Waals surface area contributed by atoms with Crippen LogP contribution in [0.3, 0.4) is 0 Å². The lowest BCUT2D eigenvalue weighted by molar-refractivity contribution is 0.0942. The Balaban J connectivity index is 2.01. The zero-order valence-corrected chi connectivity index (χ0v) is 13.9. The van der Waals surface area contributed by atoms with Gasteiger partial charge in [0.25, 0.3) is 5.91 Å². The SMILES string of the molecule is CN(C)C(CNC(=O)c1cccc(Br)c1)c1ccsc1. The second kappa shape index (κ2) is 7.02. The highest BCUT2D eigenvalue weighted by atomic mass is 79.9. The summed E-state index contributed by atoms with van der Waals surface area (Å²) < 4.78 is 0.909. The predicted molar refractivity (Wildman–Crippen MR) is 87.2 cm³/mol. The number of hydrogen-bond acceptors (Lipinski definition) is 3. The van der Waals surface area contributed by atoms with E-state index in [4.69, 9.17) is 0 Å². The van der Waals surface area contributed by atoms with Crippen molar-refractivity contribution in [1.29, 1.82) is 0 Å². The zero-order valence-electron chi connectivity index (χ0n) is 11.5. The van der Waals surface area contributed by atoms with Gasteiger partial charge in [0.05, 0.1) is 6.04 Å². The smallest absolute Gasteiger partial charge is 0.251 e. The van der Waals surface area contributed by atoms with Crippen molar-refractivity contribution in [3.8, 4) is 0 Å². The van der Waals surface area contributed by atoms with E-state index in [1.165, 1.54) is 5.56 Å². The molecule has 2 rings (SSSR count). The summed E-state index contributed by atoms with van der Waals surface area (Å²) in [5.41, 5.74) is 1.90. The molecule has 0 radical (unpaired) electrons. The van der Waals surface area contributed by atoms with Gasteiger partial charge in [-0.25, -0.2) is 0 Å². The maximum atomic E-state index is 12.1. The van der Waals surface area contributed by atoms with Crippen LogP contribution in [0.15, 0.2) is 45.6 Å². The van der Waals surface area contributed by atoms with Gasteiger partial charge < -0.3 is 10.2 Å². The van der Waals surface area contributed by atoms with Gasteiger partial charge in [0.2, 0.25) is 0 Å². The number of thiophene rings is 1. The number of carbonyl (C=O) groups excluding carboxylic acids is 1. The molecular formula is C15H17BrN2OS. The Labute approximate surface area is 131 Å². The maximum absolute atomic E-state index is 12.1. The fourth-order valence-electron chi connectivity index (χ4n) is 1.98. The molecular weight excluding hydrogens is 336 g/mol. The molecule has 0 saturated carbocycles. The minimum atomic E-state index is -0.0478. The highest BCUT2D eigenvalue weighted by Crippen LogP contribution is 2.20. The van der Waals surface area contributed by atoms with E-state index in [2.05, 4.69) is 43.0 Å². The van der Waals surface area contributed by atoms with Crippen LogP contribution < -0.4 is 5.32 Å². The maximum Gasteiger partial charge on any atom is 0.251 e. The lowest BCUT2D eigenvalue weighted by Crippen LogP contribution is -2.34. The third-order valence-corrected chi connectivity index (χ3v) is 4.29. The summed E-state index contributed by atoms with van der Waals surface area (Å²) in [7, 11) is 4.04. The second-order valence-corrected chi connectivity index (χ2v) is 6.45. The van der Waals surface area contributed by atoms with E-state index in [-0.39, 0.29) is 11.9 Å². The third-order valence-electron chi connectivity index (χ3n) is 3.09. The van der Waals surface area contributed by atoms with Crippen molar-refractivity contribution in [1.82, 2.24) is 10.2 Å². The molecule has 1 aromatic heterocycles. The molecule has 20 heavy (non-hydrogen) atoms. The Hall–Kier alpha value is -1.17. The minimum absolute atomic E-state index is 0.0478. The van der Waals surface area contributed by atoms with Gasteiger partial charge in [0.15, 0.2) is 0 Å². The summed E-state index contributed by atoms with van der Waals surface area (Å²) in [6, 6.07) is 9.70. The Bertz CT molecular complexity index is 569. The second-order valence-electron chi connectivity index (χ2n) is 4.76. The van der Waals surface area contributed by atoms with E-state index >= 15 is 0 Å². The summed E-state index contributed by atoms with van der Waals surface area (Å²) in [6.45, 7) is 0.592. The van der Waals surface area contributed by atoms with Crippen LogP contribution >= 0.6 is 27.3 Å². The lowest BCUT2D eigenvalue weighted by Gasteiger charge is -2.24. The van der Waals surface area contributed by atoms with Crippen molar-refractivity contribution in [2.24, 2.45) is 0 Å². The van der Waals surface area contributed by atoms with Crippen LogP contribution in [0.5, 0.6) is 0 Å². The molecule has 1 heterocycles. The number of nitrogens with zero attached hydrogens (tertiary/aromatic N) is 1. The number of benzene rings is 1. The number of hydrogen-bond donors (Lipinski definition) is 1. The Morgan fingerprint density at radius 3 is 2.80 bits per heavy atom. The topological polar surface area (TPSA) is 32.3 Å². The fraction of sp³-hybridized carbons (Fsp3) is 0.267. The molecule has 1 atom stereocenters.